The molecule has 3 amide bonds. The molecule has 7 heteroatoms. The minimum Gasteiger partial charge on any atom is -0.504 e. The van der Waals surface area contributed by atoms with E-state index in [9.17, 15) is 14.7 Å². The number of ether oxygens (including phenoxy) is 1. The van der Waals surface area contributed by atoms with E-state index in [4.69, 9.17) is 4.74 Å². The Morgan fingerprint density at radius 3 is 2.48 bits per heavy atom. The van der Waals surface area contributed by atoms with Gasteiger partial charge in [-0.05, 0) is 38.2 Å². The predicted octanol–water partition coefficient (Wildman–Crippen LogP) is 3.07. The van der Waals surface area contributed by atoms with Crippen molar-refractivity contribution in [2.24, 2.45) is 5.92 Å². The Balaban J connectivity index is 1.74. The molecular weight excluding hydrogens is 370 g/mol. The molecule has 3 rings (SSSR count). The van der Waals surface area contributed by atoms with Crippen molar-refractivity contribution < 1.29 is 19.4 Å². The lowest BCUT2D eigenvalue weighted by molar-refractivity contribution is -0.135. The Bertz CT molecular complexity index is 756. The fraction of sp³-hybridized carbons (Fsp3) is 0.636. The summed E-state index contributed by atoms with van der Waals surface area (Å²) in [5.74, 6) is 1.06. The van der Waals surface area contributed by atoms with Crippen molar-refractivity contribution in [3.05, 3.63) is 23.8 Å². The average Bonchev–Trinajstić information content (AvgIpc) is 2.89. The van der Waals surface area contributed by atoms with E-state index in [2.05, 4.69) is 18.7 Å². The Kier molecular flexibility index (Phi) is 6.36. The highest BCUT2D eigenvalue weighted by Crippen LogP contribution is 2.38. The Hall–Kier alpha value is -2.28. The van der Waals surface area contributed by atoms with Gasteiger partial charge in [0.2, 0.25) is 0 Å². The van der Waals surface area contributed by atoms with Gasteiger partial charge in [0.05, 0.1) is 7.11 Å². The molecule has 2 fully saturated rings. The van der Waals surface area contributed by atoms with Crippen molar-refractivity contribution in [3.8, 4) is 11.5 Å². The molecule has 0 saturated carbocycles. The minimum atomic E-state index is -0.713. The van der Waals surface area contributed by atoms with Gasteiger partial charge in [0.15, 0.2) is 11.5 Å². The van der Waals surface area contributed by atoms with E-state index in [-0.39, 0.29) is 17.7 Å². The summed E-state index contributed by atoms with van der Waals surface area (Å²) in [6.45, 7) is 9.15. The summed E-state index contributed by atoms with van der Waals surface area (Å²) in [5, 5.41) is 10.4. The summed E-state index contributed by atoms with van der Waals surface area (Å²) in [6, 6.07) is 5.35. The van der Waals surface area contributed by atoms with Gasteiger partial charge in [-0.3, -0.25) is 14.6 Å². The van der Waals surface area contributed by atoms with Gasteiger partial charge in [-0.15, -0.1) is 0 Å². The topological polar surface area (TPSA) is 73.3 Å². The lowest BCUT2D eigenvalue weighted by Crippen LogP contribution is -2.56. The molecule has 2 aliphatic heterocycles. The molecule has 2 aliphatic rings. The SMILES string of the molecule is CCN1C(=O)N(CCC(C)C)C2(CCN(Cc3cccc(OC)c3O)CC2)C1=O. The summed E-state index contributed by atoms with van der Waals surface area (Å²) in [7, 11) is 1.54. The van der Waals surface area contributed by atoms with E-state index < -0.39 is 5.54 Å². The number of phenols is 1. The fourth-order valence-electron chi connectivity index (χ4n) is 4.42. The van der Waals surface area contributed by atoms with Crippen LogP contribution in [0.15, 0.2) is 18.2 Å². The quantitative estimate of drug-likeness (QED) is 0.709. The van der Waals surface area contributed by atoms with Crippen LogP contribution in [0.5, 0.6) is 11.5 Å². The number of rotatable bonds is 7. The highest BCUT2D eigenvalue weighted by molar-refractivity contribution is 6.07. The van der Waals surface area contributed by atoms with Crippen LogP contribution in [0.3, 0.4) is 0 Å². The number of urea groups is 1. The number of phenolic OH excluding ortho intramolecular Hbond substituents is 1. The number of nitrogens with zero attached hydrogens (tertiary/aromatic N) is 3. The predicted molar refractivity (Wildman–Crippen MR) is 111 cm³/mol. The first kappa shape index (κ1) is 21.4. The molecule has 2 heterocycles. The number of amides is 3. The molecule has 1 N–H and O–H groups in total. The number of hydrogen-bond acceptors (Lipinski definition) is 5. The summed E-state index contributed by atoms with van der Waals surface area (Å²) in [5.41, 5.74) is 0.0931. The van der Waals surface area contributed by atoms with Gasteiger partial charge in [0.1, 0.15) is 5.54 Å². The van der Waals surface area contributed by atoms with E-state index >= 15 is 0 Å². The molecule has 2 saturated heterocycles. The molecule has 0 unspecified atom stereocenters. The number of methoxy groups -OCH3 is 1. The number of carbonyl (C=O) groups excluding carboxylic acids is 2. The Morgan fingerprint density at radius 2 is 1.90 bits per heavy atom. The standard InChI is InChI=1S/C22H33N3O4/c1-5-24-20(27)22(25(21(24)28)12-9-16(2)3)10-13-23(14-11-22)15-17-7-6-8-18(29-4)19(17)26/h6-8,16,26H,5,9-15H2,1-4H3. The highest BCUT2D eigenvalue weighted by Gasteiger charge is 2.57. The van der Waals surface area contributed by atoms with E-state index in [0.29, 0.717) is 57.2 Å². The van der Waals surface area contributed by atoms with Crippen LogP contribution < -0.4 is 4.74 Å². The second kappa shape index (κ2) is 8.61. The zero-order valence-corrected chi connectivity index (χ0v) is 18.0. The number of aromatic hydroxyl groups is 1. The number of benzene rings is 1. The molecule has 0 aliphatic carbocycles. The molecule has 160 valence electrons. The van der Waals surface area contributed by atoms with Gasteiger partial charge in [-0.2, -0.15) is 0 Å². The van der Waals surface area contributed by atoms with Gasteiger partial charge < -0.3 is 14.7 Å². The average molecular weight is 404 g/mol. The molecule has 0 aromatic heterocycles. The number of para-hydroxylation sites is 1. The molecular formula is C22H33N3O4. The third-order valence-electron chi connectivity index (χ3n) is 6.25. The number of likely N-dealkylation sites (tertiary alicyclic amines) is 1. The first-order chi connectivity index (χ1) is 13.8. The van der Waals surface area contributed by atoms with Crippen LogP contribution in [-0.2, 0) is 11.3 Å². The molecule has 0 bridgehead atoms. The number of imide groups is 1. The van der Waals surface area contributed by atoms with E-state index in [1.54, 1.807) is 6.07 Å². The largest absolute Gasteiger partial charge is 0.504 e. The van der Waals surface area contributed by atoms with Crippen molar-refractivity contribution in [1.29, 1.82) is 0 Å². The molecule has 0 atom stereocenters. The first-order valence-electron chi connectivity index (χ1n) is 10.5. The van der Waals surface area contributed by atoms with Gasteiger partial charge in [0, 0.05) is 38.3 Å². The first-order valence-corrected chi connectivity index (χ1v) is 10.5. The monoisotopic (exact) mass is 403 g/mol. The van der Waals surface area contributed by atoms with Crippen LogP contribution in [-0.4, -0.2) is 70.6 Å². The van der Waals surface area contributed by atoms with Crippen LogP contribution in [0.25, 0.3) is 0 Å². The summed E-state index contributed by atoms with van der Waals surface area (Å²) >= 11 is 0. The summed E-state index contributed by atoms with van der Waals surface area (Å²) in [6.07, 6.45) is 2.13. The maximum atomic E-state index is 13.2. The van der Waals surface area contributed by atoms with Gasteiger partial charge in [0.25, 0.3) is 5.91 Å². The number of carbonyl (C=O) groups is 2. The third kappa shape index (κ3) is 3.92. The molecule has 1 aromatic carbocycles. The zero-order valence-electron chi connectivity index (χ0n) is 18.0. The second-order valence-corrected chi connectivity index (χ2v) is 8.44. The Morgan fingerprint density at radius 1 is 1.21 bits per heavy atom. The number of piperidine rings is 1. The molecule has 7 nitrogen and oxygen atoms in total. The van der Waals surface area contributed by atoms with Crippen LogP contribution in [0.1, 0.15) is 45.6 Å². The lowest BCUT2D eigenvalue weighted by atomic mass is 9.85. The van der Waals surface area contributed by atoms with Gasteiger partial charge in [-0.1, -0.05) is 26.0 Å². The number of likely N-dealkylation sites (N-methyl/N-ethyl adjacent to an activating group) is 1. The molecule has 29 heavy (non-hydrogen) atoms. The van der Waals surface area contributed by atoms with Gasteiger partial charge in [-0.25, -0.2) is 4.79 Å². The fourth-order valence-corrected chi connectivity index (χ4v) is 4.42. The van der Waals surface area contributed by atoms with Crippen molar-refractivity contribution in [2.75, 3.05) is 33.3 Å². The minimum absolute atomic E-state index is 0.0439. The molecule has 0 radical (unpaired) electrons. The lowest BCUT2D eigenvalue weighted by Gasteiger charge is -2.42. The summed E-state index contributed by atoms with van der Waals surface area (Å²) in [4.78, 5) is 31.5. The third-order valence-corrected chi connectivity index (χ3v) is 6.25. The van der Waals surface area contributed by atoms with E-state index in [1.165, 1.54) is 12.0 Å². The van der Waals surface area contributed by atoms with Crippen molar-refractivity contribution in [2.45, 2.75) is 52.1 Å². The second-order valence-electron chi connectivity index (χ2n) is 8.44. The van der Waals surface area contributed by atoms with Crippen molar-refractivity contribution >= 4 is 11.9 Å². The maximum Gasteiger partial charge on any atom is 0.327 e. The zero-order chi connectivity index (χ0) is 21.2. The van der Waals surface area contributed by atoms with Gasteiger partial charge >= 0.3 is 6.03 Å². The van der Waals surface area contributed by atoms with Crippen molar-refractivity contribution in [3.63, 3.8) is 0 Å². The van der Waals surface area contributed by atoms with Crippen LogP contribution in [0.2, 0.25) is 0 Å². The Labute approximate surface area is 173 Å². The smallest absolute Gasteiger partial charge is 0.327 e. The van der Waals surface area contributed by atoms with E-state index in [0.717, 1.165) is 12.0 Å². The van der Waals surface area contributed by atoms with Crippen molar-refractivity contribution in [1.82, 2.24) is 14.7 Å². The van der Waals surface area contributed by atoms with Crippen LogP contribution >= 0.6 is 0 Å². The van der Waals surface area contributed by atoms with Crippen LogP contribution in [0, 0.1) is 5.92 Å². The number of hydrogen-bond donors (Lipinski definition) is 1. The van der Waals surface area contributed by atoms with E-state index in [1.807, 2.05) is 24.0 Å². The normalized spacial score (nSPS) is 19.6. The molecule has 1 aromatic rings. The van der Waals surface area contributed by atoms with Crippen LogP contribution in [0.4, 0.5) is 4.79 Å². The highest BCUT2D eigenvalue weighted by atomic mass is 16.5. The summed E-state index contributed by atoms with van der Waals surface area (Å²) < 4.78 is 5.20. The maximum absolute atomic E-state index is 13.2. The molecule has 1 spiro atoms.